The molecule has 0 saturated heterocycles. The molecule has 1 aromatic heterocycles. The fourth-order valence-electron chi connectivity index (χ4n) is 3.75. The summed E-state index contributed by atoms with van der Waals surface area (Å²) in [7, 11) is 0. The molecule has 0 bridgehead atoms. The van der Waals surface area contributed by atoms with Gasteiger partial charge in [0.25, 0.3) is 5.91 Å². The number of amides is 1. The number of nitrogens with zero attached hydrogens (tertiary/aromatic N) is 1. The lowest BCUT2D eigenvalue weighted by Crippen LogP contribution is -2.40. The second kappa shape index (κ2) is 10.5. The normalized spacial score (nSPS) is 17.6. The third-order valence-electron chi connectivity index (χ3n) is 5.49. The van der Waals surface area contributed by atoms with E-state index in [2.05, 4.69) is 10.3 Å². The van der Waals surface area contributed by atoms with Crippen molar-refractivity contribution in [3.05, 3.63) is 95.8 Å². The average molecular weight is 444 g/mol. The highest BCUT2D eigenvalue weighted by molar-refractivity contribution is 5.97. The van der Waals surface area contributed by atoms with Gasteiger partial charge in [-0.25, -0.2) is 14.6 Å². The van der Waals surface area contributed by atoms with Crippen LogP contribution in [0.15, 0.2) is 79.0 Å². The predicted octanol–water partition coefficient (Wildman–Crippen LogP) is 4.20. The summed E-state index contributed by atoms with van der Waals surface area (Å²) in [5, 5.41) is 2.96. The Morgan fingerprint density at radius 2 is 1.36 bits per heavy atom. The molecule has 4 rings (SSSR count). The van der Waals surface area contributed by atoms with Gasteiger partial charge in [0, 0.05) is 12.2 Å². The van der Waals surface area contributed by atoms with Gasteiger partial charge in [-0.3, -0.25) is 4.79 Å². The van der Waals surface area contributed by atoms with Gasteiger partial charge in [0.05, 0.1) is 11.1 Å². The first-order valence-corrected chi connectivity index (χ1v) is 10.9. The van der Waals surface area contributed by atoms with Crippen LogP contribution in [-0.2, 0) is 4.74 Å². The first-order chi connectivity index (χ1) is 16.1. The molecule has 1 N–H and O–H groups in total. The predicted molar refractivity (Wildman–Crippen MR) is 121 cm³/mol. The van der Waals surface area contributed by atoms with Crippen molar-refractivity contribution < 1.29 is 23.9 Å². The average Bonchev–Trinajstić information content (AvgIpc) is 2.86. The van der Waals surface area contributed by atoms with E-state index < -0.39 is 11.9 Å². The van der Waals surface area contributed by atoms with Crippen LogP contribution in [0.4, 0.5) is 0 Å². The number of carbonyl (C=O) groups excluding carboxylic acids is 3. The zero-order chi connectivity index (χ0) is 23.0. The lowest BCUT2D eigenvalue weighted by Gasteiger charge is -2.29. The second-order valence-electron chi connectivity index (χ2n) is 7.82. The highest BCUT2D eigenvalue weighted by Gasteiger charge is 2.27. The molecule has 0 unspecified atom stereocenters. The van der Waals surface area contributed by atoms with Gasteiger partial charge in [0.1, 0.15) is 6.10 Å². The quantitative estimate of drug-likeness (QED) is 0.573. The van der Waals surface area contributed by atoms with Crippen LogP contribution in [-0.4, -0.2) is 35.0 Å². The summed E-state index contributed by atoms with van der Waals surface area (Å²) in [5.41, 5.74) is 0.969. The van der Waals surface area contributed by atoms with E-state index in [0.717, 1.165) is 0 Å². The molecule has 2 aromatic carbocycles. The summed E-state index contributed by atoms with van der Waals surface area (Å²) in [4.78, 5) is 41.6. The lowest BCUT2D eigenvalue weighted by atomic mass is 9.92. The number of ether oxygens (including phenoxy) is 2. The van der Waals surface area contributed by atoms with E-state index in [9.17, 15) is 14.4 Å². The van der Waals surface area contributed by atoms with Crippen molar-refractivity contribution in [1.82, 2.24) is 10.3 Å². The summed E-state index contributed by atoms with van der Waals surface area (Å²) >= 11 is 0. The summed E-state index contributed by atoms with van der Waals surface area (Å²) in [5.74, 6) is -1.19. The van der Waals surface area contributed by atoms with E-state index in [1.165, 1.54) is 6.20 Å². The van der Waals surface area contributed by atoms with Gasteiger partial charge >= 0.3 is 11.9 Å². The van der Waals surface area contributed by atoms with Crippen LogP contribution in [0.5, 0.6) is 5.75 Å². The molecule has 1 aliphatic carbocycles. The molecule has 168 valence electrons. The van der Waals surface area contributed by atoms with Gasteiger partial charge in [-0.05, 0) is 62.1 Å². The van der Waals surface area contributed by atoms with Gasteiger partial charge in [0.15, 0.2) is 11.4 Å². The Kier molecular flexibility index (Phi) is 7.09. The molecule has 3 aromatic rings. The number of hydrogen-bond donors (Lipinski definition) is 1. The number of pyridine rings is 1. The number of rotatable bonds is 6. The van der Waals surface area contributed by atoms with Crippen molar-refractivity contribution in [1.29, 1.82) is 0 Å². The van der Waals surface area contributed by atoms with Gasteiger partial charge in [-0.2, -0.15) is 0 Å². The monoisotopic (exact) mass is 444 g/mol. The molecule has 7 nitrogen and oxygen atoms in total. The van der Waals surface area contributed by atoms with Crippen molar-refractivity contribution in [3.8, 4) is 5.75 Å². The van der Waals surface area contributed by atoms with Gasteiger partial charge in [0.2, 0.25) is 0 Å². The standard InChI is InChI=1S/C26H24N2O5/c29-24(23-22(12-7-17-27-23)33-26(31)19-10-5-2-6-11-19)28-20-13-15-21(16-14-20)32-25(30)18-8-3-1-4-9-18/h1-12,17,20-21H,13-16H2,(H,28,29). The number of nitrogens with one attached hydrogen (secondary N) is 1. The van der Waals surface area contributed by atoms with Gasteiger partial charge < -0.3 is 14.8 Å². The Labute approximate surface area is 191 Å². The minimum atomic E-state index is -0.557. The van der Waals surface area contributed by atoms with Crippen molar-refractivity contribution >= 4 is 17.8 Å². The summed E-state index contributed by atoms with van der Waals surface area (Å²) in [6.45, 7) is 0. The number of carbonyl (C=O) groups is 3. The van der Waals surface area contributed by atoms with Gasteiger partial charge in [-0.15, -0.1) is 0 Å². The zero-order valence-electron chi connectivity index (χ0n) is 18.0. The van der Waals surface area contributed by atoms with E-state index in [4.69, 9.17) is 9.47 Å². The fourth-order valence-corrected chi connectivity index (χ4v) is 3.75. The Morgan fingerprint density at radius 3 is 2.00 bits per heavy atom. The maximum Gasteiger partial charge on any atom is 0.343 e. The Bertz CT molecular complexity index is 1110. The SMILES string of the molecule is O=C(Oc1cccnc1C(=O)NC1CCC(OC(=O)c2ccccc2)CC1)c1ccccc1. The first-order valence-electron chi connectivity index (χ1n) is 10.9. The molecule has 33 heavy (non-hydrogen) atoms. The van der Waals surface area contributed by atoms with Crippen LogP contribution in [0.3, 0.4) is 0 Å². The fraction of sp³-hybridized carbons (Fsp3) is 0.231. The number of hydrogen-bond acceptors (Lipinski definition) is 6. The van der Waals surface area contributed by atoms with Crippen LogP contribution < -0.4 is 10.1 Å². The highest BCUT2D eigenvalue weighted by atomic mass is 16.5. The smallest absolute Gasteiger partial charge is 0.343 e. The molecular weight excluding hydrogens is 420 g/mol. The topological polar surface area (TPSA) is 94.6 Å². The molecule has 1 heterocycles. The number of benzene rings is 2. The van der Waals surface area contributed by atoms with Crippen LogP contribution in [0.25, 0.3) is 0 Å². The van der Waals surface area contributed by atoms with E-state index in [-0.39, 0.29) is 29.6 Å². The molecule has 0 spiro atoms. The Balaban J connectivity index is 1.31. The van der Waals surface area contributed by atoms with Crippen molar-refractivity contribution in [2.45, 2.75) is 37.8 Å². The van der Waals surface area contributed by atoms with E-state index >= 15 is 0 Å². The summed E-state index contributed by atoms with van der Waals surface area (Å²) in [6, 6.07) is 20.5. The molecular formula is C26H24N2O5. The maximum atomic E-state index is 12.8. The third kappa shape index (κ3) is 5.83. The third-order valence-corrected chi connectivity index (χ3v) is 5.49. The van der Waals surface area contributed by atoms with Crippen LogP contribution in [0, 0.1) is 0 Å². The molecule has 1 fully saturated rings. The van der Waals surface area contributed by atoms with E-state index in [1.807, 2.05) is 6.07 Å². The minimum absolute atomic E-state index is 0.0550. The molecule has 0 atom stereocenters. The summed E-state index contributed by atoms with van der Waals surface area (Å²) in [6.07, 6.45) is 3.95. The molecule has 0 aliphatic heterocycles. The minimum Gasteiger partial charge on any atom is -0.459 e. The number of esters is 2. The maximum absolute atomic E-state index is 12.8. The molecule has 1 aliphatic rings. The molecule has 1 saturated carbocycles. The lowest BCUT2D eigenvalue weighted by molar-refractivity contribution is 0.0183. The van der Waals surface area contributed by atoms with Crippen LogP contribution in [0.1, 0.15) is 56.9 Å². The van der Waals surface area contributed by atoms with Crippen LogP contribution >= 0.6 is 0 Å². The van der Waals surface area contributed by atoms with Crippen molar-refractivity contribution in [2.75, 3.05) is 0 Å². The first kappa shape index (κ1) is 22.2. The molecule has 7 heteroatoms. The Morgan fingerprint density at radius 1 is 0.758 bits per heavy atom. The zero-order valence-corrected chi connectivity index (χ0v) is 18.0. The number of aromatic nitrogens is 1. The van der Waals surface area contributed by atoms with E-state index in [1.54, 1.807) is 66.7 Å². The molecule has 1 amide bonds. The van der Waals surface area contributed by atoms with Gasteiger partial charge in [-0.1, -0.05) is 36.4 Å². The van der Waals surface area contributed by atoms with Crippen molar-refractivity contribution in [2.24, 2.45) is 0 Å². The largest absolute Gasteiger partial charge is 0.459 e. The Hall–Kier alpha value is -4.00. The van der Waals surface area contributed by atoms with Crippen molar-refractivity contribution in [3.63, 3.8) is 0 Å². The summed E-state index contributed by atoms with van der Waals surface area (Å²) < 4.78 is 11.0. The second-order valence-corrected chi connectivity index (χ2v) is 7.82. The van der Waals surface area contributed by atoms with E-state index in [0.29, 0.717) is 36.8 Å². The van der Waals surface area contributed by atoms with Crippen LogP contribution in [0.2, 0.25) is 0 Å². The molecule has 0 radical (unpaired) electrons. The highest BCUT2D eigenvalue weighted by Crippen LogP contribution is 2.24.